The van der Waals surface area contributed by atoms with Crippen LogP contribution in [0.2, 0.25) is 0 Å². The van der Waals surface area contributed by atoms with E-state index in [-0.39, 0.29) is 18.5 Å². The van der Waals surface area contributed by atoms with Crippen LogP contribution < -0.4 is 5.32 Å². The molecule has 0 radical (unpaired) electrons. The zero-order chi connectivity index (χ0) is 10.7. The molecule has 0 saturated carbocycles. The molecule has 96 valence electrons. The fraction of sp³-hybridized carbons (Fsp3) is 1.00. The Balaban J connectivity index is 0.00000128. The molecule has 2 saturated heterocycles. The zero-order valence-electron chi connectivity index (χ0n) is 10.2. The summed E-state index contributed by atoms with van der Waals surface area (Å²) in [6.45, 7) is 7.84. The van der Waals surface area contributed by atoms with Crippen molar-refractivity contribution in [1.82, 2.24) is 10.2 Å². The Morgan fingerprint density at radius 1 is 1.44 bits per heavy atom. The van der Waals surface area contributed by atoms with Crippen molar-refractivity contribution in [2.45, 2.75) is 32.3 Å². The van der Waals surface area contributed by atoms with Crippen LogP contribution >= 0.6 is 12.4 Å². The molecule has 4 heteroatoms. The van der Waals surface area contributed by atoms with Gasteiger partial charge in [0.25, 0.3) is 0 Å². The monoisotopic (exact) mass is 248 g/mol. The van der Waals surface area contributed by atoms with Gasteiger partial charge in [0.1, 0.15) is 0 Å². The van der Waals surface area contributed by atoms with Gasteiger partial charge in [0.05, 0.1) is 6.10 Å². The molecule has 16 heavy (non-hydrogen) atoms. The van der Waals surface area contributed by atoms with E-state index in [1.807, 2.05) is 6.92 Å². The quantitative estimate of drug-likeness (QED) is 0.786. The fourth-order valence-corrected chi connectivity index (χ4v) is 2.87. The van der Waals surface area contributed by atoms with E-state index in [1.54, 1.807) is 0 Å². The maximum atomic E-state index is 9.54. The third-order valence-electron chi connectivity index (χ3n) is 3.91. The highest BCUT2D eigenvalue weighted by molar-refractivity contribution is 5.85. The summed E-state index contributed by atoms with van der Waals surface area (Å²) in [5, 5.41) is 13.0. The minimum absolute atomic E-state index is 0. The lowest BCUT2D eigenvalue weighted by molar-refractivity contribution is 0.125. The maximum Gasteiger partial charge on any atom is 0.0552 e. The lowest BCUT2D eigenvalue weighted by Gasteiger charge is -2.27. The van der Waals surface area contributed by atoms with Crippen molar-refractivity contribution < 1.29 is 5.11 Å². The predicted octanol–water partition coefficient (Wildman–Crippen LogP) is 1.11. The number of likely N-dealkylation sites (tertiary alicyclic amines) is 1. The summed E-state index contributed by atoms with van der Waals surface area (Å²) in [6.07, 6.45) is 3.76. The van der Waals surface area contributed by atoms with E-state index < -0.39 is 0 Å². The Hall–Kier alpha value is 0.170. The van der Waals surface area contributed by atoms with Gasteiger partial charge in [0.2, 0.25) is 0 Å². The molecule has 3 unspecified atom stereocenters. The molecule has 0 bridgehead atoms. The first kappa shape index (κ1) is 14.2. The van der Waals surface area contributed by atoms with Gasteiger partial charge in [0, 0.05) is 13.1 Å². The van der Waals surface area contributed by atoms with Gasteiger partial charge in [-0.05, 0) is 57.7 Å². The highest BCUT2D eigenvalue weighted by atomic mass is 35.5. The van der Waals surface area contributed by atoms with Crippen molar-refractivity contribution in [3.8, 4) is 0 Å². The highest BCUT2D eigenvalue weighted by Crippen LogP contribution is 2.22. The highest BCUT2D eigenvalue weighted by Gasteiger charge is 2.27. The molecule has 0 aromatic rings. The van der Waals surface area contributed by atoms with Crippen molar-refractivity contribution in [3.05, 3.63) is 0 Å². The van der Waals surface area contributed by atoms with Gasteiger partial charge in [-0.1, -0.05) is 0 Å². The second kappa shape index (κ2) is 6.80. The van der Waals surface area contributed by atoms with E-state index in [4.69, 9.17) is 0 Å². The second-order valence-corrected chi connectivity index (χ2v) is 5.26. The molecule has 2 rings (SSSR count). The Morgan fingerprint density at radius 3 is 2.81 bits per heavy atom. The number of aliphatic hydroxyl groups excluding tert-OH is 1. The summed E-state index contributed by atoms with van der Waals surface area (Å²) < 4.78 is 0. The molecule has 0 aromatic heterocycles. The van der Waals surface area contributed by atoms with Crippen LogP contribution in [0.3, 0.4) is 0 Å². The topological polar surface area (TPSA) is 35.5 Å². The SMILES string of the molecule is CC(O)C1CCN(CC2CCCNC2)C1.Cl. The van der Waals surface area contributed by atoms with Gasteiger partial charge in [-0.15, -0.1) is 12.4 Å². The first-order chi connectivity index (χ1) is 7.25. The summed E-state index contributed by atoms with van der Waals surface area (Å²) in [5.74, 6) is 1.35. The van der Waals surface area contributed by atoms with Crippen LogP contribution in [0.25, 0.3) is 0 Å². The van der Waals surface area contributed by atoms with Crippen molar-refractivity contribution in [2.24, 2.45) is 11.8 Å². The number of hydrogen-bond acceptors (Lipinski definition) is 3. The number of piperidine rings is 1. The van der Waals surface area contributed by atoms with Crippen LogP contribution in [-0.2, 0) is 0 Å². The minimum Gasteiger partial charge on any atom is -0.393 e. The average molecular weight is 249 g/mol. The summed E-state index contributed by atoms with van der Waals surface area (Å²) in [7, 11) is 0. The molecule has 2 N–H and O–H groups in total. The van der Waals surface area contributed by atoms with Crippen LogP contribution in [0.15, 0.2) is 0 Å². The number of nitrogens with zero attached hydrogens (tertiary/aromatic N) is 1. The first-order valence-electron chi connectivity index (χ1n) is 6.37. The number of halogens is 1. The molecule has 0 spiro atoms. The number of aliphatic hydroxyl groups is 1. The Morgan fingerprint density at radius 2 is 2.25 bits per heavy atom. The lowest BCUT2D eigenvalue weighted by Crippen LogP contribution is -2.37. The average Bonchev–Trinajstić information content (AvgIpc) is 2.68. The molecule has 0 aromatic carbocycles. The van der Waals surface area contributed by atoms with Gasteiger partial charge in [0.15, 0.2) is 0 Å². The van der Waals surface area contributed by atoms with Gasteiger partial charge in [-0.3, -0.25) is 0 Å². The molecular formula is C12H25ClN2O. The summed E-state index contributed by atoms with van der Waals surface area (Å²) >= 11 is 0. The van der Waals surface area contributed by atoms with Crippen LogP contribution in [-0.4, -0.2) is 48.8 Å². The van der Waals surface area contributed by atoms with E-state index in [0.29, 0.717) is 5.92 Å². The number of nitrogens with one attached hydrogen (secondary N) is 1. The molecule has 2 aliphatic heterocycles. The first-order valence-corrected chi connectivity index (χ1v) is 6.37. The van der Waals surface area contributed by atoms with Gasteiger partial charge < -0.3 is 15.3 Å². The van der Waals surface area contributed by atoms with Gasteiger partial charge >= 0.3 is 0 Å². The Kier molecular flexibility index (Phi) is 6.05. The largest absolute Gasteiger partial charge is 0.393 e. The number of rotatable bonds is 3. The third-order valence-corrected chi connectivity index (χ3v) is 3.91. The molecule has 2 aliphatic rings. The van der Waals surface area contributed by atoms with Crippen LogP contribution in [0.4, 0.5) is 0 Å². The van der Waals surface area contributed by atoms with Crippen LogP contribution in [0.5, 0.6) is 0 Å². The van der Waals surface area contributed by atoms with Gasteiger partial charge in [-0.25, -0.2) is 0 Å². The molecule has 0 amide bonds. The van der Waals surface area contributed by atoms with E-state index in [0.717, 1.165) is 12.5 Å². The van der Waals surface area contributed by atoms with Crippen molar-refractivity contribution in [2.75, 3.05) is 32.7 Å². The second-order valence-electron chi connectivity index (χ2n) is 5.26. The van der Waals surface area contributed by atoms with Crippen molar-refractivity contribution >= 4 is 12.4 Å². The van der Waals surface area contributed by atoms with E-state index >= 15 is 0 Å². The zero-order valence-corrected chi connectivity index (χ0v) is 11.0. The molecule has 3 nitrogen and oxygen atoms in total. The van der Waals surface area contributed by atoms with Crippen molar-refractivity contribution in [1.29, 1.82) is 0 Å². The molecule has 2 fully saturated rings. The molecule has 3 atom stereocenters. The van der Waals surface area contributed by atoms with Gasteiger partial charge in [-0.2, -0.15) is 0 Å². The van der Waals surface area contributed by atoms with E-state index in [1.165, 1.54) is 45.4 Å². The lowest BCUT2D eigenvalue weighted by atomic mass is 9.99. The standard InChI is InChI=1S/C12H24N2O.ClH/c1-10(15)12-4-6-14(9-12)8-11-3-2-5-13-7-11;/h10-13,15H,2-9H2,1H3;1H. The molecule has 0 aliphatic carbocycles. The van der Waals surface area contributed by atoms with Crippen molar-refractivity contribution in [3.63, 3.8) is 0 Å². The van der Waals surface area contributed by atoms with Crippen LogP contribution in [0.1, 0.15) is 26.2 Å². The minimum atomic E-state index is -0.125. The van der Waals surface area contributed by atoms with E-state index in [9.17, 15) is 5.11 Å². The normalized spacial score (nSPS) is 33.4. The predicted molar refractivity (Wildman–Crippen MR) is 69.1 cm³/mol. The smallest absolute Gasteiger partial charge is 0.0552 e. The maximum absolute atomic E-state index is 9.54. The van der Waals surface area contributed by atoms with E-state index in [2.05, 4.69) is 10.2 Å². The third kappa shape index (κ3) is 3.88. The summed E-state index contributed by atoms with van der Waals surface area (Å²) in [5.41, 5.74) is 0. The summed E-state index contributed by atoms with van der Waals surface area (Å²) in [6, 6.07) is 0. The Bertz CT molecular complexity index is 195. The fourth-order valence-electron chi connectivity index (χ4n) is 2.87. The van der Waals surface area contributed by atoms with Crippen LogP contribution in [0, 0.1) is 11.8 Å². The Labute approximate surface area is 105 Å². The number of hydrogen-bond donors (Lipinski definition) is 2. The molecular weight excluding hydrogens is 224 g/mol. The summed E-state index contributed by atoms with van der Waals surface area (Å²) in [4.78, 5) is 2.54. The molecule has 2 heterocycles.